The summed E-state index contributed by atoms with van der Waals surface area (Å²) >= 11 is 0. The molecule has 1 aromatic carbocycles. The molecule has 1 aromatic heterocycles. The van der Waals surface area contributed by atoms with E-state index in [-0.39, 0.29) is 11.8 Å². The van der Waals surface area contributed by atoms with Crippen LogP contribution < -0.4 is 5.32 Å². The van der Waals surface area contributed by atoms with E-state index in [1.54, 1.807) is 4.90 Å². The lowest BCUT2D eigenvalue weighted by Gasteiger charge is -2.21. The fourth-order valence-corrected chi connectivity index (χ4v) is 2.78. The molecule has 1 amide bonds. The molecule has 1 aliphatic rings. The summed E-state index contributed by atoms with van der Waals surface area (Å²) in [6, 6.07) is 13.9. The van der Waals surface area contributed by atoms with Crippen molar-refractivity contribution in [2.24, 2.45) is 0 Å². The van der Waals surface area contributed by atoms with E-state index in [9.17, 15) is 4.79 Å². The van der Waals surface area contributed by atoms with E-state index >= 15 is 0 Å². The highest BCUT2D eigenvalue weighted by atomic mass is 16.2. The van der Waals surface area contributed by atoms with Crippen molar-refractivity contribution in [2.75, 3.05) is 18.9 Å². The monoisotopic (exact) mass is 281 g/mol. The van der Waals surface area contributed by atoms with Gasteiger partial charge in [0.1, 0.15) is 0 Å². The molecule has 108 valence electrons. The van der Waals surface area contributed by atoms with Crippen molar-refractivity contribution >= 4 is 11.6 Å². The van der Waals surface area contributed by atoms with Crippen molar-refractivity contribution in [3.63, 3.8) is 0 Å². The van der Waals surface area contributed by atoms with Gasteiger partial charge in [-0.05, 0) is 30.7 Å². The van der Waals surface area contributed by atoms with Gasteiger partial charge in [0.25, 0.3) is 0 Å². The molecule has 21 heavy (non-hydrogen) atoms. The molecule has 1 atom stereocenters. The number of rotatable bonds is 3. The Bertz CT molecular complexity index is 669. The van der Waals surface area contributed by atoms with Gasteiger partial charge in [-0.3, -0.25) is 9.78 Å². The Hall–Kier alpha value is -2.36. The molecule has 0 fully saturated rings. The first kappa shape index (κ1) is 13.6. The Morgan fingerprint density at radius 3 is 2.90 bits per heavy atom. The van der Waals surface area contributed by atoms with Crippen molar-refractivity contribution in [2.45, 2.75) is 19.4 Å². The molecule has 0 aliphatic carbocycles. The normalized spacial score (nSPS) is 16.2. The molecular weight excluding hydrogens is 262 g/mol. The van der Waals surface area contributed by atoms with Crippen molar-refractivity contribution in [3.8, 4) is 0 Å². The van der Waals surface area contributed by atoms with Crippen LogP contribution in [0.25, 0.3) is 0 Å². The zero-order valence-electron chi connectivity index (χ0n) is 12.3. The second-order valence-electron chi connectivity index (χ2n) is 5.49. The molecule has 0 radical (unpaired) electrons. The number of benzene rings is 1. The first-order valence-corrected chi connectivity index (χ1v) is 7.15. The van der Waals surface area contributed by atoms with Crippen LogP contribution >= 0.6 is 0 Å². The first-order chi connectivity index (χ1) is 10.1. The third kappa shape index (κ3) is 2.75. The minimum Gasteiger partial charge on any atom is -0.384 e. The van der Waals surface area contributed by atoms with Gasteiger partial charge >= 0.3 is 0 Å². The van der Waals surface area contributed by atoms with E-state index in [4.69, 9.17) is 0 Å². The van der Waals surface area contributed by atoms with E-state index in [1.165, 1.54) is 0 Å². The molecule has 0 spiro atoms. The average Bonchev–Trinajstić information content (AvgIpc) is 2.90. The van der Waals surface area contributed by atoms with Crippen molar-refractivity contribution < 1.29 is 4.79 Å². The third-order valence-corrected chi connectivity index (χ3v) is 3.85. The molecule has 1 N–H and O–H groups in total. The van der Waals surface area contributed by atoms with Gasteiger partial charge in [-0.1, -0.05) is 24.3 Å². The number of para-hydroxylation sites is 1. The Morgan fingerprint density at radius 1 is 1.29 bits per heavy atom. The zero-order valence-corrected chi connectivity index (χ0v) is 12.3. The Morgan fingerprint density at radius 2 is 2.10 bits per heavy atom. The highest BCUT2D eigenvalue weighted by Crippen LogP contribution is 2.32. The lowest BCUT2D eigenvalue weighted by atomic mass is 10.00. The number of nitrogens with one attached hydrogen (secondary N) is 1. The van der Waals surface area contributed by atoms with Gasteiger partial charge in [0, 0.05) is 25.0 Å². The first-order valence-electron chi connectivity index (χ1n) is 7.15. The molecule has 0 saturated heterocycles. The molecule has 1 aliphatic heterocycles. The summed E-state index contributed by atoms with van der Waals surface area (Å²) in [6.07, 6.45) is 0. The van der Waals surface area contributed by atoms with Crippen LogP contribution in [0.3, 0.4) is 0 Å². The van der Waals surface area contributed by atoms with Crippen molar-refractivity contribution in [3.05, 3.63) is 59.4 Å². The molecule has 4 heteroatoms. The van der Waals surface area contributed by atoms with Crippen LogP contribution in [-0.4, -0.2) is 29.4 Å². The summed E-state index contributed by atoms with van der Waals surface area (Å²) in [6.45, 7) is 3.17. The Balaban J connectivity index is 1.74. The van der Waals surface area contributed by atoms with E-state index in [0.29, 0.717) is 13.1 Å². The van der Waals surface area contributed by atoms with Crippen LogP contribution in [0.1, 0.15) is 22.9 Å². The number of aryl methyl sites for hydroxylation is 1. The number of nitrogens with zero attached hydrogens (tertiary/aromatic N) is 2. The number of anilines is 1. The third-order valence-electron chi connectivity index (χ3n) is 3.85. The molecule has 2 aromatic rings. The number of hydrogen-bond donors (Lipinski definition) is 1. The minimum atomic E-state index is -0.101. The number of amides is 1. The number of pyridine rings is 1. The molecule has 0 bridgehead atoms. The van der Waals surface area contributed by atoms with Crippen LogP contribution in [0.15, 0.2) is 42.5 Å². The van der Waals surface area contributed by atoms with E-state index in [1.807, 2.05) is 56.4 Å². The SMILES string of the molecule is Cc1cccc(CN(C)C(=O)C2CNc3ccccc32)n1. The highest BCUT2D eigenvalue weighted by molar-refractivity contribution is 5.88. The number of aromatic nitrogens is 1. The minimum absolute atomic E-state index is 0.101. The fourth-order valence-electron chi connectivity index (χ4n) is 2.78. The number of carbonyl (C=O) groups is 1. The molecule has 0 saturated carbocycles. The number of fused-ring (bicyclic) bond motifs is 1. The van der Waals surface area contributed by atoms with Crippen molar-refractivity contribution in [1.82, 2.24) is 9.88 Å². The summed E-state index contributed by atoms with van der Waals surface area (Å²) in [5.41, 5.74) is 4.05. The number of hydrogen-bond acceptors (Lipinski definition) is 3. The number of likely N-dealkylation sites (N-methyl/N-ethyl adjacent to an activating group) is 1. The standard InChI is InChI=1S/C17H19N3O/c1-12-6-5-7-13(19-12)11-20(2)17(21)15-10-18-16-9-4-3-8-14(15)16/h3-9,15,18H,10-11H2,1-2H3. The predicted molar refractivity (Wildman–Crippen MR) is 83.1 cm³/mol. The molecule has 2 heterocycles. The largest absolute Gasteiger partial charge is 0.384 e. The summed E-state index contributed by atoms with van der Waals surface area (Å²) in [7, 11) is 1.84. The topological polar surface area (TPSA) is 45.2 Å². The van der Waals surface area contributed by atoms with Gasteiger partial charge in [-0.25, -0.2) is 0 Å². The van der Waals surface area contributed by atoms with E-state index < -0.39 is 0 Å². The second-order valence-corrected chi connectivity index (χ2v) is 5.49. The number of carbonyl (C=O) groups excluding carboxylic acids is 1. The van der Waals surface area contributed by atoms with Crippen LogP contribution in [0.4, 0.5) is 5.69 Å². The lowest BCUT2D eigenvalue weighted by molar-refractivity contribution is -0.131. The van der Waals surface area contributed by atoms with Gasteiger partial charge in [0.15, 0.2) is 0 Å². The van der Waals surface area contributed by atoms with Gasteiger partial charge in [-0.2, -0.15) is 0 Å². The van der Waals surface area contributed by atoms with Crippen LogP contribution in [-0.2, 0) is 11.3 Å². The maximum absolute atomic E-state index is 12.7. The summed E-state index contributed by atoms with van der Waals surface area (Å²) in [4.78, 5) is 18.9. The summed E-state index contributed by atoms with van der Waals surface area (Å²) in [5.74, 6) is 0.0340. The van der Waals surface area contributed by atoms with Crippen LogP contribution in [0.5, 0.6) is 0 Å². The lowest BCUT2D eigenvalue weighted by Crippen LogP contribution is -2.32. The molecule has 1 unspecified atom stereocenters. The van der Waals surface area contributed by atoms with Gasteiger partial charge in [-0.15, -0.1) is 0 Å². The molecular formula is C17H19N3O. The molecule has 4 nitrogen and oxygen atoms in total. The van der Waals surface area contributed by atoms with E-state index in [2.05, 4.69) is 10.3 Å². The second kappa shape index (κ2) is 5.56. The summed E-state index contributed by atoms with van der Waals surface area (Å²) in [5, 5.41) is 3.30. The fraction of sp³-hybridized carbons (Fsp3) is 0.294. The Labute approximate surface area is 124 Å². The van der Waals surface area contributed by atoms with E-state index in [0.717, 1.165) is 22.6 Å². The smallest absolute Gasteiger partial charge is 0.232 e. The predicted octanol–water partition coefficient (Wildman–Crippen LogP) is 2.56. The summed E-state index contributed by atoms with van der Waals surface area (Å²) < 4.78 is 0. The highest BCUT2D eigenvalue weighted by Gasteiger charge is 2.30. The molecule has 3 rings (SSSR count). The maximum atomic E-state index is 12.7. The zero-order chi connectivity index (χ0) is 14.8. The van der Waals surface area contributed by atoms with Crippen LogP contribution in [0, 0.1) is 6.92 Å². The average molecular weight is 281 g/mol. The van der Waals surface area contributed by atoms with Gasteiger partial charge in [0.2, 0.25) is 5.91 Å². The van der Waals surface area contributed by atoms with Crippen LogP contribution in [0.2, 0.25) is 0 Å². The van der Waals surface area contributed by atoms with Gasteiger partial charge in [0.05, 0.1) is 18.2 Å². The van der Waals surface area contributed by atoms with Crippen molar-refractivity contribution in [1.29, 1.82) is 0 Å². The maximum Gasteiger partial charge on any atom is 0.232 e. The quantitative estimate of drug-likeness (QED) is 0.940. The Kier molecular flexibility index (Phi) is 3.60. The van der Waals surface area contributed by atoms with Gasteiger partial charge < -0.3 is 10.2 Å².